The van der Waals surface area contributed by atoms with Crippen LogP contribution in [0.15, 0.2) is 60.2 Å². The third-order valence-corrected chi connectivity index (χ3v) is 6.88. The number of ether oxygens (including phenoxy) is 2. The predicted molar refractivity (Wildman–Crippen MR) is 146 cm³/mol. The molecule has 0 bridgehead atoms. The van der Waals surface area contributed by atoms with Gasteiger partial charge in [-0.25, -0.2) is 0 Å². The fraction of sp³-hybridized carbons (Fsp3) is 0.241. The third kappa shape index (κ3) is 4.62. The molecule has 0 aromatic heterocycles. The fourth-order valence-electron chi connectivity index (χ4n) is 4.58. The van der Waals surface area contributed by atoms with Gasteiger partial charge in [0, 0.05) is 31.0 Å². The molecular weight excluding hydrogens is 492 g/mol. The summed E-state index contributed by atoms with van der Waals surface area (Å²) in [6, 6.07) is 15.1. The van der Waals surface area contributed by atoms with E-state index in [1.165, 1.54) is 12.0 Å². The third-order valence-electron chi connectivity index (χ3n) is 6.58. The van der Waals surface area contributed by atoms with Crippen molar-refractivity contribution in [1.29, 1.82) is 0 Å². The summed E-state index contributed by atoms with van der Waals surface area (Å²) in [5.74, 6) is -0.673. The van der Waals surface area contributed by atoms with Gasteiger partial charge in [0.25, 0.3) is 11.7 Å². The van der Waals surface area contributed by atoms with Crippen LogP contribution in [0.2, 0.25) is 5.02 Å². The Balaban J connectivity index is 1.96. The van der Waals surface area contributed by atoms with Crippen LogP contribution in [0.3, 0.4) is 0 Å². The van der Waals surface area contributed by atoms with Crippen molar-refractivity contribution >= 4 is 40.4 Å². The van der Waals surface area contributed by atoms with Crippen molar-refractivity contribution in [1.82, 2.24) is 0 Å². The lowest BCUT2D eigenvalue weighted by atomic mass is 9.92. The highest BCUT2D eigenvalue weighted by Gasteiger charge is 2.47. The van der Waals surface area contributed by atoms with E-state index in [9.17, 15) is 14.7 Å². The van der Waals surface area contributed by atoms with Crippen LogP contribution in [0, 0.1) is 13.8 Å². The zero-order chi connectivity index (χ0) is 27.0. The molecule has 1 aliphatic rings. The number of aliphatic hydroxyl groups is 1. The number of hydrogen-bond donors (Lipinski definition) is 1. The van der Waals surface area contributed by atoms with Gasteiger partial charge in [0.1, 0.15) is 17.3 Å². The summed E-state index contributed by atoms with van der Waals surface area (Å²) in [6.45, 7) is 3.67. The number of Topliss-reactive ketones (excluding diaryl/α,β-unsaturated/α-hetero) is 1. The van der Waals surface area contributed by atoms with Crippen LogP contribution in [0.4, 0.5) is 11.4 Å². The minimum Gasteiger partial charge on any atom is -0.507 e. The first kappa shape index (κ1) is 26.1. The molecule has 1 saturated heterocycles. The van der Waals surface area contributed by atoms with Crippen LogP contribution in [0.5, 0.6) is 11.5 Å². The zero-order valence-electron chi connectivity index (χ0n) is 21.6. The van der Waals surface area contributed by atoms with Crippen molar-refractivity contribution in [3.63, 3.8) is 0 Å². The monoisotopic (exact) mass is 520 g/mol. The number of ketones is 1. The largest absolute Gasteiger partial charge is 0.507 e. The van der Waals surface area contributed by atoms with Gasteiger partial charge in [0.05, 0.1) is 30.9 Å². The molecule has 3 aromatic carbocycles. The topological polar surface area (TPSA) is 79.3 Å². The highest BCUT2D eigenvalue weighted by Crippen LogP contribution is 2.44. The SMILES string of the molecule is COc1cc(C)c(/C(O)=C2\C(=O)C(=O)N(c3ccc(OC)c(Cl)c3)C2c2ccc(N(C)C)cc2)cc1C. The number of methoxy groups -OCH3 is 2. The predicted octanol–water partition coefficient (Wildman–Crippen LogP) is 5.67. The van der Waals surface area contributed by atoms with Crippen LogP contribution in [0.25, 0.3) is 5.76 Å². The number of aryl methyl sites for hydroxylation is 2. The lowest BCUT2D eigenvalue weighted by Gasteiger charge is -2.26. The van der Waals surface area contributed by atoms with E-state index >= 15 is 0 Å². The van der Waals surface area contributed by atoms with Gasteiger partial charge in [0.15, 0.2) is 0 Å². The lowest BCUT2D eigenvalue weighted by molar-refractivity contribution is -0.132. The van der Waals surface area contributed by atoms with Crippen LogP contribution in [-0.2, 0) is 9.59 Å². The molecule has 37 heavy (non-hydrogen) atoms. The number of nitrogens with zero attached hydrogens (tertiary/aromatic N) is 2. The number of halogens is 1. The molecule has 1 unspecified atom stereocenters. The molecule has 8 heteroatoms. The second kappa shape index (κ2) is 10.2. The molecule has 1 atom stereocenters. The van der Waals surface area contributed by atoms with Gasteiger partial charge in [-0.05, 0) is 73.0 Å². The Bertz CT molecular complexity index is 1410. The molecule has 192 valence electrons. The molecule has 4 rings (SSSR count). The zero-order valence-corrected chi connectivity index (χ0v) is 22.4. The number of rotatable bonds is 6. The van der Waals surface area contributed by atoms with Gasteiger partial charge in [-0.3, -0.25) is 14.5 Å². The molecule has 0 radical (unpaired) electrons. The van der Waals surface area contributed by atoms with Crippen molar-refractivity contribution in [2.75, 3.05) is 38.1 Å². The van der Waals surface area contributed by atoms with E-state index in [1.807, 2.05) is 57.1 Å². The van der Waals surface area contributed by atoms with Crippen molar-refractivity contribution in [3.05, 3.63) is 87.4 Å². The van der Waals surface area contributed by atoms with E-state index in [0.717, 1.165) is 11.3 Å². The fourth-order valence-corrected chi connectivity index (χ4v) is 4.84. The van der Waals surface area contributed by atoms with E-state index < -0.39 is 17.7 Å². The summed E-state index contributed by atoms with van der Waals surface area (Å²) < 4.78 is 10.6. The summed E-state index contributed by atoms with van der Waals surface area (Å²) in [6.07, 6.45) is 0. The molecule has 0 saturated carbocycles. The minimum atomic E-state index is -0.873. The average molecular weight is 521 g/mol. The smallest absolute Gasteiger partial charge is 0.300 e. The molecule has 1 aliphatic heterocycles. The van der Waals surface area contributed by atoms with Crippen LogP contribution < -0.4 is 19.3 Å². The van der Waals surface area contributed by atoms with Gasteiger partial charge < -0.3 is 19.5 Å². The Kier molecular flexibility index (Phi) is 7.18. The molecule has 7 nitrogen and oxygen atoms in total. The van der Waals surface area contributed by atoms with Crippen molar-refractivity contribution in [2.24, 2.45) is 0 Å². The van der Waals surface area contributed by atoms with Crippen molar-refractivity contribution in [2.45, 2.75) is 19.9 Å². The van der Waals surface area contributed by atoms with E-state index in [4.69, 9.17) is 21.1 Å². The first-order chi connectivity index (χ1) is 17.6. The summed E-state index contributed by atoms with van der Waals surface area (Å²) in [5, 5.41) is 11.8. The number of amides is 1. The molecule has 0 spiro atoms. The number of benzene rings is 3. The first-order valence-electron chi connectivity index (χ1n) is 11.7. The minimum absolute atomic E-state index is 0.00205. The molecular formula is C29H29ClN2O5. The summed E-state index contributed by atoms with van der Waals surface area (Å²) in [7, 11) is 6.92. The maximum atomic E-state index is 13.5. The highest BCUT2D eigenvalue weighted by molar-refractivity contribution is 6.52. The van der Waals surface area contributed by atoms with Crippen molar-refractivity contribution in [3.8, 4) is 11.5 Å². The number of aliphatic hydroxyl groups excluding tert-OH is 1. The number of carbonyl (C=O) groups excluding carboxylic acids is 2. The maximum absolute atomic E-state index is 13.5. The Morgan fingerprint density at radius 2 is 1.57 bits per heavy atom. The van der Waals surface area contributed by atoms with Gasteiger partial charge >= 0.3 is 0 Å². The lowest BCUT2D eigenvalue weighted by Crippen LogP contribution is -2.29. The van der Waals surface area contributed by atoms with Crippen molar-refractivity contribution < 1.29 is 24.2 Å². The van der Waals surface area contributed by atoms with Gasteiger partial charge in [-0.2, -0.15) is 0 Å². The standard InChI is InChI=1S/C29H29ClN2O5/c1-16-14-24(37-6)17(2)13-21(16)27(33)25-26(18-7-9-19(10-8-18)31(3)4)32(29(35)28(25)34)20-11-12-23(36-5)22(30)15-20/h7-15,26,33H,1-6H3/b27-25+. The van der Waals surface area contributed by atoms with Crippen LogP contribution in [0.1, 0.15) is 28.3 Å². The molecule has 1 amide bonds. The number of anilines is 2. The van der Waals surface area contributed by atoms with E-state index in [0.29, 0.717) is 38.9 Å². The Labute approximate surface area is 221 Å². The Hall–Kier alpha value is -3.97. The second-order valence-electron chi connectivity index (χ2n) is 9.11. The normalized spacial score (nSPS) is 16.7. The molecule has 3 aromatic rings. The number of carbonyl (C=O) groups is 2. The Morgan fingerprint density at radius 3 is 2.14 bits per heavy atom. The van der Waals surface area contributed by atoms with E-state index in [1.54, 1.807) is 37.4 Å². The van der Waals surface area contributed by atoms with Crippen LogP contribution >= 0.6 is 11.6 Å². The summed E-state index contributed by atoms with van der Waals surface area (Å²) in [4.78, 5) is 30.3. The maximum Gasteiger partial charge on any atom is 0.300 e. The quantitative estimate of drug-likeness (QED) is 0.256. The number of hydrogen-bond acceptors (Lipinski definition) is 6. The van der Waals surface area contributed by atoms with Gasteiger partial charge in [-0.15, -0.1) is 0 Å². The summed E-state index contributed by atoms with van der Waals surface area (Å²) >= 11 is 6.38. The highest BCUT2D eigenvalue weighted by atomic mass is 35.5. The summed E-state index contributed by atoms with van der Waals surface area (Å²) in [5.41, 5.74) is 3.99. The molecule has 0 aliphatic carbocycles. The van der Waals surface area contributed by atoms with Crippen LogP contribution in [-0.4, -0.2) is 45.1 Å². The second-order valence-corrected chi connectivity index (χ2v) is 9.52. The van der Waals surface area contributed by atoms with E-state index in [-0.39, 0.29) is 11.3 Å². The average Bonchev–Trinajstić information content (AvgIpc) is 3.14. The van der Waals surface area contributed by atoms with E-state index in [2.05, 4.69) is 0 Å². The Morgan fingerprint density at radius 1 is 0.919 bits per heavy atom. The van der Waals surface area contributed by atoms with Gasteiger partial charge in [0.2, 0.25) is 0 Å². The molecule has 1 fully saturated rings. The van der Waals surface area contributed by atoms with Gasteiger partial charge in [-0.1, -0.05) is 23.7 Å². The molecule has 1 N–H and O–H groups in total. The first-order valence-corrected chi connectivity index (χ1v) is 12.0. The molecule has 1 heterocycles.